The molecule has 0 bridgehead atoms. The molecule has 2 aromatic rings. The van der Waals surface area contributed by atoms with Crippen LogP contribution in [0.2, 0.25) is 0 Å². The van der Waals surface area contributed by atoms with Gasteiger partial charge in [0.25, 0.3) is 5.91 Å². The summed E-state index contributed by atoms with van der Waals surface area (Å²) >= 11 is 0. The molecular weight excluding hydrogens is 456 g/mol. The van der Waals surface area contributed by atoms with Gasteiger partial charge in [-0.3, -0.25) is 4.79 Å². The summed E-state index contributed by atoms with van der Waals surface area (Å²) in [4.78, 5) is 24.5. The van der Waals surface area contributed by atoms with Gasteiger partial charge in [0.2, 0.25) is 10.0 Å². The van der Waals surface area contributed by atoms with Crippen LogP contribution in [-0.2, 0) is 26.1 Å². The minimum Gasteiger partial charge on any atom is -0.495 e. The Bertz CT molecular complexity index is 1080. The molecular formula is C25H32N2O6S. The van der Waals surface area contributed by atoms with Crippen molar-refractivity contribution in [3.05, 3.63) is 59.7 Å². The lowest BCUT2D eigenvalue weighted by atomic mass is 9.89. The summed E-state index contributed by atoms with van der Waals surface area (Å²) < 4.78 is 38.0. The molecule has 0 unspecified atom stereocenters. The Labute approximate surface area is 201 Å². The van der Waals surface area contributed by atoms with Crippen LogP contribution in [0.1, 0.15) is 48.0 Å². The maximum absolute atomic E-state index is 13.2. The summed E-state index contributed by atoms with van der Waals surface area (Å²) in [6.07, 6.45) is 5.80. The number of hydrogen-bond donors (Lipinski definition) is 1. The lowest BCUT2D eigenvalue weighted by molar-refractivity contribution is -0.124. The first-order valence-electron chi connectivity index (χ1n) is 11.4. The molecule has 1 fully saturated rings. The van der Waals surface area contributed by atoms with Crippen LogP contribution in [-0.4, -0.2) is 51.9 Å². The molecule has 1 N–H and O–H groups in total. The summed E-state index contributed by atoms with van der Waals surface area (Å²) in [6.45, 7) is 0.310. The van der Waals surface area contributed by atoms with Crippen molar-refractivity contribution in [2.24, 2.45) is 5.92 Å². The fourth-order valence-corrected chi connectivity index (χ4v) is 5.35. The van der Waals surface area contributed by atoms with Gasteiger partial charge in [0, 0.05) is 20.1 Å². The second kappa shape index (κ2) is 12.0. The number of ether oxygens (including phenoxy) is 2. The second-order valence-corrected chi connectivity index (χ2v) is 10.5. The van der Waals surface area contributed by atoms with Crippen LogP contribution >= 0.6 is 0 Å². The average Bonchev–Trinajstić information content (AvgIpc) is 2.86. The first-order chi connectivity index (χ1) is 16.3. The van der Waals surface area contributed by atoms with Crippen molar-refractivity contribution in [1.29, 1.82) is 0 Å². The van der Waals surface area contributed by atoms with E-state index in [1.165, 1.54) is 55.9 Å². The van der Waals surface area contributed by atoms with E-state index >= 15 is 0 Å². The molecule has 0 spiro atoms. The van der Waals surface area contributed by atoms with Gasteiger partial charge in [-0.05, 0) is 42.5 Å². The van der Waals surface area contributed by atoms with Gasteiger partial charge in [0.15, 0.2) is 6.61 Å². The Balaban J connectivity index is 1.65. The Morgan fingerprint density at radius 2 is 1.76 bits per heavy atom. The number of amides is 1. The molecule has 0 radical (unpaired) electrons. The van der Waals surface area contributed by atoms with E-state index in [-0.39, 0.29) is 28.7 Å². The molecule has 1 aliphatic rings. The summed E-state index contributed by atoms with van der Waals surface area (Å²) in [5.74, 6) is -0.571. The zero-order chi connectivity index (χ0) is 24.6. The molecule has 8 nitrogen and oxygen atoms in total. The SMILES string of the molecule is COc1ccc(C(=O)OCC(=O)NCC2CCCCC2)cc1S(=O)(=O)N(C)Cc1ccccc1. The lowest BCUT2D eigenvalue weighted by Gasteiger charge is -2.21. The highest BCUT2D eigenvalue weighted by atomic mass is 32.2. The highest BCUT2D eigenvalue weighted by Gasteiger charge is 2.27. The molecule has 3 rings (SSSR count). The van der Waals surface area contributed by atoms with E-state index in [0.717, 1.165) is 18.4 Å². The molecule has 0 atom stereocenters. The number of carbonyl (C=O) groups is 2. The van der Waals surface area contributed by atoms with Gasteiger partial charge >= 0.3 is 5.97 Å². The first-order valence-corrected chi connectivity index (χ1v) is 12.9. The van der Waals surface area contributed by atoms with E-state index in [0.29, 0.717) is 12.5 Å². The minimum absolute atomic E-state index is 0.0209. The predicted octanol–water partition coefficient (Wildman–Crippen LogP) is 3.37. The predicted molar refractivity (Wildman–Crippen MR) is 128 cm³/mol. The van der Waals surface area contributed by atoms with Crippen molar-refractivity contribution in [1.82, 2.24) is 9.62 Å². The van der Waals surface area contributed by atoms with Gasteiger partial charge in [-0.2, -0.15) is 4.31 Å². The Morgan fingerprint density at radius 1 is 1.06 bits per heavy atom. The van der Waals surface area contributed by atoms with Gasteiger partial charge in [0.05, 0.1) is 12.7 Å². The van der Waals surface area contributed by atoms with Crippen LogP contribution in [0.3, 0.4) is 0 Å². The number of sulfonamides is 1. The smallest absolute Gasteiger partial charge is 0.338 e. The Morgan fingerprint density at radius 3 is 2.44 bits per heavy atom. The Hall–Kier alpha value is -2.91. The van der Waals surface area contributed by atoms with Gasteiger partial charge < -0.3 is 14.8 Å². The molecule has 1 amide bonds. The maximum Gasteiger partial charge on any atom is 0.338 e. The maximum atomic E-state index is 13.2. The van der Waals surface area contributed by atoms with Crippen LogP contribution in [0.4, 0.5) is 0 Å². The van der Waals surface area contributed by atoms with E-state index < -0.39 is 22.6 Å². The van der Waals surface area contributed by atoms with Crippen LogP contribution < -0.4 is 10.1 Å². The molecule has 184 valence electrons. The fraction of sp³-hybridized carbons (Fsp3) is 0.440. The fourth-order valence-electron chi connectivity index (χ4n) is 4.01. The largest absolute Gasteiger partial charge is 0.495 e. The van der Waals surface area contributed by atoms with E-state index in [1.807, 2.05) is 30.3 Å². The van der Waals surface area contributed by atoms with Crippen molar-refractivity contribution in [2.75, 3.05) is 27.3 Å². The quantitative estimate of drug-likeness (QED) is 0.515. The summed E-state index contributed by atoms with van der Waals surface area (Å²) in [7, 11) is -1.14. The third kappa shape index (κ3) is 6.80. The van der Waals surface area contributed by atoms with Gasteiger partial charge in [-0.25, -0.2) is 13.2 Å². The average molecular weight is 489 g/mol. The van der Waals surface area contributed by atoms with E-state index in [4.69, 9.17) is 9.47 Å². The Kier molecular flexibility index (Phi) is 9.06. The first kappa shape index (κ1) is 25.7. The zero-order valence-corrected chi connectivity index (χ0v) is 20.5. The normalized spacial score (nSPS) is 14.6. The highest BCUT2D eigenvalue weighted by molar-refractivity contribution is 7.89. The number of esters is 1. The molecule has 1 saturated carbocycles. The summed E-state index contributed by atoms with van der Waals surface area (Å²) in [6, 6.07) is 13.2. The topological polar surface area (TPSA) is 102 Å². The second-order valence-electron chi connectivity index (χ2n) is 8.50. The van der Waals surface area contributed by atoms with Crippen molar-refractivity contribution in [3.63, 3.8) is 0 Å². The summed E-state index contributed by atoms with van der Waals surface area (Å²) in [5, 5.41) is 2.81. The van der Waals surface area contributed by atoms with Crippen LogP contribution in [0, 0.1) is 5.92 Å². The number of methoxy groups -OCH3 is 1. The molecule has 0 heterocycles. The van der Waals surface area contributed by atoms with E-state index in [9.17, 15) is 18.0 Å². The molecule has 1 aliphatic carbocycles. The minimum atomic E-state index is -3.97. The van der Waals surface area contributed by atoms with Crippen molar-refractivity contribution < 1.29 is 27.5 Å². The van der Waals surface area contributed by atoms with Gasteiger partial charge in [-0.1, -0.05) is 49.6 Å². The summed E-state index contributed by atoms with van der Waals surface area (Å²) in [5.41, 5.74) is 0.843. The molecule has 34 heavy (non-hydrogen) atoms. The molecule has 9 heteroatoms. The third-order valence-electron chi connectivity index (χ3n) is 5.98. The van der Waals surface area contributed by atoms with Gasteiger partial charge in [-0.15, -0.1) is 0 Å². The van der Waals surface area contributed by atoms with Crippen molar-refractivity contribution in [3.8, 4) is 5.75 Å². The lowest BCUT2D eigenvalue weighted by Crippen LogP contribution is -2.33. The molecule has 0 saturated heterocycles. The molecule has 0 aromatic heterocycles. The van der Waals surface area contributed by atoms with Crippen LogP contribution in [0.5, 0.6) is 5.75 Å². The number of nitrogens with one attached hydrogen (secondary N) is 1. The van der Waals surface area contributed by atoms with E-state index in [2.05, 4.69) is 5.32 Å². The molecule has 2 aromatic carbocycles. The van der Waals surface area contributed by atoms with Crippen molar-refractivity contribution in [2.45, 2.75) is 43.5 Å². The standard InChI is InChI=1S/C25H32N2O6S/c1-27(17-20-11-7-4-8-12-20)34(30,31)23-15-21(13-14-22(23)32-2)25(29)33-18-24(28)26-16-19-9-5-3-6-10-19/h4,7-8,11-15,19H,3,5-6,9-10,16-18H2,1-2H3,(H,26,28). The zero-order valence-electron chi connectivity index (χ0n) is 19.7. The molecule has 0 aliphatic heterocycles. The van der Waals surface area contributed by atoms with Crippen LogP contribution in [0.15, 0.2) is 53.4 Å². The number of hydrogen-bond acceptors (Lipinski definition) is 6. The monoisotopic (exact) mass is 488 g/mol. The van der Waals surface area contributed by atoms with Crippen LogP contribution in [0.25, 0.3) is 0 Å². The number of benzene rings is 2. The number of nitrogens with zero attached hydrogens (tertiary/aromatic N) is 1. The number of rotatable bonds is 10. The van der Waals surface area contributed by atoms with Crippen molar-refractivity contribution >= 4 is 21.9 Å². The van der Waals surface area contributed by atoms with Gasteiger partial charge in [0.1, 0.15) is 10.6 Å². The van der Waals surface area contributed by atoms with E-state index in [1.54, 1.807) is 0 Å². The number of carbonyl (C=O) groups excluding carboxylic acids is 2. The third-order valence-corrected chi connectivity index (χ3v) is 7.81. The highest BCUT2D eigenvalue weighted by Crippen LogP contribution is 2.28.